The molecule has 2 rings (SSSR count). The zero-order valence-electron chi connectivity index (χ0n) is 9.03. The fourth-order valence-corrected chi connectivity index (χ4v) is 2.54. The molecule has 0 radical (unpaired) electrons. The van der Waals surface area contributed by atoms with Gasteiger partial charge in [-0.1, -0.05) is 22.9 Å². The predicted molar refractivity (Wildman–Crippen MR) is 63.5 cm³/mol. The lowest BCUT2D eigenvalue weighted by Gasteiger charge is -2.21. The first-order chi connectivity index (χ1) is 7.72. The van der Waals surface area contributed by atoms with Gasteiger partial charge in [-0.2, -0.15) is 0 Å². The van der Waals surface area contributed by atoms with E-state index in [4.69, 9.17) is 9.47 Å². The van der Waals surface area contributed by atoms with Gasteiger partial charge in [-0.25, -0.2) is 0 Å². The summed E-state index contributed by atoms with van der Waals surface area (Å²) in [7, 11) is 0. The first kappa shape index (κ1) is 11.6. The van der Waals surface area contributed by atoms with Crippen LogP contribution < -0.4 is 4.74 Å². The number of hydrogen-bond donors (Lipinski definition) is 0. The third-order valence-electron chi connectivity index (χ3n) is 2.72. The number of fused-ring (bicyclic) bond motifs is 1. The van der Waals surface area contributed by atoms with Crippen LogP contribution in [0.4, 0.5) is 0 Å². The van der Waals surface area contributed by atoms with E-state index in [1.165, 1.54) is 0 Å². The van der Waals surface area contributed by atoms with Crippen LogP contribution in [0.5, 0.6) is 5.75 Å². The van der Waals surface area contributed by atoms with Gasteiger partial charge in [0.25, 0.3) is 0 Å². The second-order valence-corrected chi connectivity index (χ2v) is 4.75. The van der Waals surface area contributed by atoms with E-state index in [-0.39, 0.29) is 5.92 Å². The first-order valence-corrected chi connectivity index (χ1v) is 5.98. The van der Waals surface area contributed by atoms with Gasteiger partial charge in [-0.15, -0.1) is 0 Å². The lowest BCUT2D eigenvalue weighted by Crippen LogP contribution is -2.12. The molecule has 1 heterocycles. The molecule has 0 aromatic heterocycles. The van der Waals surface area contributed by atoms with E-state index in [2.05, 4.69) is 15.9 Å². The molecule has 86 valence electrons. The molecule has 1 aliphatic heterocycles. The average Bonchev–Trinajstić information content (AvgIpc) is 2.28. The van der Waals surface area contributed by atoms with Gasteiger partial charge in [-0.3, -0.25) is 0 Å². The Morgan fingerprint density at radius 2 is 2.38 bits per heavy atom. The van der Waals surface area contributed by atoms with Crippen molar-refractivity contribution < 1.29 is 14.3 Å². The molecule has 3 nitrogen and oxygen atoms in total. The minimum absolute atomic E-state index is 0.198. The van der Waals surface area contributed by atoms with E-state index in [9.17, 15) is 4.79 Å². The molecule has 0 bridgehead atoms. The van der Waals surface area contributed by atoms with Crippen LogP contribution in [0.1, 0.15) is 30.4 Å². The van der Waals surface area contributed by atoms with Crippen molar-refractivity contribution in [1.29, 1.82) is 0 Å². The van der Waals surface area contributed by atoms with Crippen LogP contribution >= 0.6 is 15.9 Å². The number of carbonyl (C=O) groups excluding carboxylic acids is 1. The molecule has 1 unspecified atom stereocenters. The minimum atomic E-state index is 0.198. The predicted octanol–water partition coefficient (Wildman–Crippen LogP) is 3.01. The number of ether oxygens (including phenoxy) is 2. The number of aldehydes is 1. The Morgan fingerprint density at radius 3 is 3.12 bits per heavy atom. The summed E-state index contributed by atoms with van der Waals surface area (Å²) in [6.07, 6.45) is 1.47. The molecule has 4 heteroatoms. The van der Waals surface area contributed by atoms with E-state index >= 15 is 0 Å². The van der Waals surface area contributed by atoms with Gasteiger partial charge >= 0.3 is 0 Å². The summed E-state index contributed by atoms with van der Waals surface area (Å²) in [4.78, 5) is 10.5. The molecule has 0 fully saturated rings. The molecular weight excluding hydrogens is 272 g/mol. The molecule has 1 aromatic carbocycles. The Morgan fingerprint density at radius 1 is 1.56 bits per heavy atom. The number of hydrogen-bond acceptors (Lipinski definition) is 3. The highest BCUT2D eigenvalue weighted by atomic mass is 79.9. The number of halogens is 1. The van der Waals surface area contributed by atoms with Crippen LogP contribution in [0.3, 0.4) is 0 Å². The van der Waals surface area contributed by atoms with E-state index in [0.717, 1.165) is 27.6 Å². The average molecular weight is 285 g/mol. The Balaban J connectivity index is 2.35. The van der Waals surface area contributed by atoms with Crippen LogP contribution in [-0.2, 0) is 16.1 Å². The zero-order chi connectivity index (χ0) is 11.5. The molecule has 1 atom stereocenters. The second-order valence-electron chi connectivity index (χ2n) is 3.90. The Bertz CT molecular complexity index is 403. The Hall–Kier alpha value is -0.870. The van der Waals surface area contributed by atoms with Crippen LogP contribution in [0.2, 0.25) is 0 Å². The summed E-state index contributed by atoms with van der Waals surface area (Å²) in [5.41, 5.74) is 2.15. The highest BCUT2D eigenvalue weighted by molar-refractivity contribution is 9.10. The van der Waals surface area contributed by atoms with Crippen LogP contribution in [0, 0.1) is 0 Å². The Labute approximate surface area is 103 Å². The maximum Gasteiger partial charge on any atom is 0.189 e. The molecule has 0 saturated heterocycles. The van der Waals surface area contributed by atoms with Gasteiger partial charge in [0.2, 0.25) is 0 Å². The van der Waals surface area contributed by atoms with Crippen molar-refractivity contribution in [1.82, 2.24) is 0 Å². The monoisotopic (exact) mass is 284 g/mol. The summed E-state index contributed by atoms with van der Waals surface area (Å²) in [6, 6.07) is 4.00. The Kier molecular flexibility index (Phi) is 3.61. The van der Waals surface area contributed by atoms with E-state index in [1.807, 2.05) is 19.1 Å². The van der Waals surface area contributed by atoms with E-state index in [0.29, 0.717) is 19.8 Å². The van der Waals surface area contributed by atoms with Gasteiger partial charge < -0.3 is 14.3 Å². The first-order valence-electron chi connectivity index (χ1n) is 5.19. The molecule has 0 saturated carbocycles. The van der Waals surface area contributed by atoms with Crippen molar-refractivity contribution in [2.45, 2.75) is 25.9 Å². The molecule has 0 amide bonds. The molecule has 1 aliphatic rings. The second kappa shape index (κ2) is 4.97. The van der Waals surface area contributed by atoms with Crippen molar-refractivity contribution in [2.75, 3.05) is 6.79 Å². The summed E-state index contributed by atoms with van der Waals surface area (Å²) in [5, 5.41) is 0. The van der Waals surface area contributed by atoms with Crippen LogP contribution in [0.25, 0.3) is 0 Å². The highest BCUT2D eigenvalue weighted by Gasteiger charge is 2.16. The van der Waals surface area contributed by atoms with Crippen molar-refractivity contribution in [3.8, 4) is 5.75 Å². The molecule has 16 heavy (non-hydrogen) atoms. The van der Waals surface area contributed by atoms with Crippen molar-refractivity contribution in [2.24, 2.45) is 0 Å². The summed E-state index contributed by atoms with van der Waals surface area (Å²) in [6.45, 7) is 2.91. The van der Waals surface area contributed by atoms with Crippen LogP contribution in [0.15, 0.2) is 16.6 Å². The van der Waals surface area contributed by atoms with Crippen molar-refractivity contribution in [3.05, 3.63) is 27.7 Å². The van der Waals surface area contributed by atoms with E-state index in [1.54, 1.807) is 0 Å². The molecule has 0 spiro atoms. The third kappa shape index (κ3) is 2.28. The normalized spacial score (nSPS) is 16.1. The smallest absolute Gasteiger partial charge is 0.189 e. The summed E-state index contributed by atoms with van der Waals surface area (Å²) < 4.78 is 11.6. The molecule has 0 aliphatic carbocycles. The van der Waals surface area contributed by atoms with Gasteiger partial charge in [0.05, 0.1) is 6.61 Å². The highest BCUT2D eigenvalue weighted by Crippen LogP contribution is 2.34. The standard InChI is InChI=1S/C12H13BrO3/c1-8(2-3-14)10-5-12-9(4-11(10)13)6-15-7-16-12/h3-5,8H,2,6-7H2,1H3. The van der Waals surface area contributed by atoms with Gasteiger partial charge in [0, 0.05) is 16.5 Å². The number of rotatable bonds is 3. The maximum atomic E-state index is 10.5. The SMILES string of the molecule is CC(CC=O)c1cc2c(cc1Br)COCO2. The van der Waals surface area contributed by atoms with Crippen molar-refractivity contribution in [3.63, 3.8) is 0 Å². The fourth-order valence-electron chi connectivity index (χ4n) is 1.76. The van der Waals surface area contributed by atoms with Gasteiger partial charge in [-0.05, 0) is 23.6 Å². The van der Waals surface area contributed by atoms with E-state index < -0.39 is 0 Å². The summed E-state index contributed by atoms with van der Waals surface area (Å²) >= 11 is 3.52. The maximum absolute atomic E-state index is 10.5. The zero-order valence-corrected chi connectivity index (χ0v) is 10.6. The topological polar surface area (TPSA) is 35.5 Å². The third-order valence-corrected chi connectivity index (χ3v) is 3.40. The molecule has 0 N–H and O–H groups in total. The van der Waals surface area contributed by atoms with Gasteiger partial charge in [0.1, 0.15) is 12.0 Å². The lowest BCUT2D eigenvalue weighted by atomic mass is 9.97. The number of benzene rings is 1. The minimum Gasteiger partial charge on any atom is -0.467 e. The largest absolute Gasteiger partial charge is 0.467 e. The van der Waals surface area contributed by atoms with Gasteiger partial charge in [0.15, 0.2) is 6.79 Å². The quantitative estimate of drug-likeness (QED) is 0.801. The van der Waals surface area contributed by atoms with Crippen molar-refractivity contribution >= 4 is 22.2 Å². The number of carbonyl (C=O) groups is 1. The molecular formula is C12H13BrO3. The molecule has 1 aromatic rings. The summed E-state index contributed by atoms with van der Waals surface area (Å²) in [5.74, 6) is 1.06. The fraction of sp³-hybridized carbons (Fsp3) is 0.417. The van der Waals surface area contributed by atoms with Crippen LogP contribution in [-0.4, -0.2) is 13.1 Å². The lowest BCUT2D eigenvalue weighted by molar-refractivity contribution is -0.108.